The second kappa shape index (κ2) is 6.32. The fourth-order valence-electron chi connectivity index (χ4n) is 3.61. The average molecular weight is 416 g/mol. The molecule has 3 heterocycles. The summed E-state index contributed by atoms with van der Waals surface area (Å²) >= 11 is 4.59. The van der Waals surface area contributed by atoms with Gasteiger partial charge in [-0.2, -0.15) is 0 Å². The van der Waals surface area contributed by atoms with Gasteiger partial charge in [0.05, 0.1) is 34.6 Å². The van der Waals surface area contributed by atoms with Gasteiger partial charge in [0.2, 0.25) is 10.9 Å². The van der Waals surface area contributed by atoms with Crippen LogP contribution in [0.3, 0.4) is 0 Å². The molecule has 0 saturated carbocycles. The second-order valence-electron chi connectivity index (χ2n) is 6.76. The first-order valence-corrected chi connectivity index (χ1v) is 11.5. The van der Waals surface area contributed by atoms with E-state index in [0.717, 1.165) is 41.9 Å². The molecule has 3 aromatic heterocycles. The molecule has 0 aliphatic rings. The van der Waals surface area contributed by atoms with Crippen LogP contribution >= 0.6 is 34.0 Å². The summed E-state index contributed by atoms with van der Waals surface area (Å²) in [6.07, 6.45) is 4.76. The Morgan fingerprint density at radius 2 is 1.48 bits per heavy atom. The minimum Gasteiger partial charge on any atom is -0.361 e. The van der Waals surface area contributed by atoms with Crippen molar-refractivity contribution in [1.29, 1.82) is 0 Å². The first-order chi connectivity index (χ1) is 13.1. The predicted molar refractivity (Wildman–Crippen MR) is 118 cm³/mol. The molecule has 1 N–H and O–H groups in total. The molecule has 0 spiro atoms. The lowest BCUT2D eigenvalue weighted by Crippen LogP contribution is -2.03. The van der Waals surface area contributed by atoms with Gasteiger partial charge >= 0.3 is 0 Å². The molecule has 5 aromatic rings. The fourth-order valence-corrected chi connectivity index (χ4v) is 7.08. The van der Waals surface area contributed by atoms with E-state index in [4.69, 9.17) is 0 Å². The topological polar surface area (TPSA) is 72.0 Å². The van der Waals surface area contributed by atoms with Crippen molar-refractivity contribution in [3.05, 3.63) is 25.5 Å². The number of hydrogen-bond donors (Lipinski definition) is 1. The van der Waals surface area contributed by atoms with Gasteiger partial charge in [-0.15, -0.1) is 22.7 Å². The molecule has 27 heavy (non-hydrogen) atoms. The van der Waals surface area contributed by atoms with Crippen LogP contribution in [0.5, 0.6) is 0 Å². The minimum atomic E-state index is -0.118. The Morgan fingerprint density at radius 1 is 0.815 bits per heavy atom. The van der Waals surface area contributed by atoms with Gasteiger partial charge in [0.15, 0.2) is 5.13 Å². The van der Waals surface area contributed by atoms with Crippen LogP contribution in [0.25, 0.3) is 40.6 Å². The van der Waals surface area contributed by atoms with E-state index in [1.54, 1.807) is 0 Å². The molecular formula is C19H17N3O2S3. The zero-order valence-corrected chi connectivity index (χ0v) is 17.4. The minimum absolute atomic E-state index is 0.111. The standard InChI is InChI=1S/C19H17N3O2S3/c1-3-4-5-6-7-20-19-22-12-14(24)10-9-13(23)11-17(25-8(2)21-11)15(9)26-16(10)18(12)27-19/h3-7H2,1-2H3,(H,20,22). The van der Waals surface area contributed by atoms with Crippen LogP contribution in [0.2, 0.25) is 0 Å². The van der Waals surface area contributed by atoms with Crippen molar-refractivity contribution >= 4 is 79.7 Å². The van der Waals surface area contributed by atoms with Crippen molar-refractivity contribution in [3.63, 3.8) is 0 Å². The summed E-state index contributed by atoms with van der Waals surface area (Å²) in [6, 6.07) is 0. The zero-order chi connectivity index (χ0) is 18.7. The molecule has 0 unspecified atom stereocenters. The van der Waals surface area contributed by atoms with E-state index < -0.39 is 0 Å². The summed E-state index contributed by atoms with van der Waals surface area (Å²) in [5, 5.41) is 6.12. The third-order valence-electron chi connectivity index (χ3n) is 4.87. The summed E-state index contributed by atoms with van der Waals surface area (Å²) < 4.78 is 3.63. The summed E-state index contributed by atoms with van der Waals surface area (Å²) in [5.74, 6) is 0. The van der Waals surface area contributed by atoms with E-state index in [1.165, 1.54) is 53.3 Å². The van der Waals surface area contributed by atoms with Gasteiger partial charge in [0.25, 0.3) is 0 Å². The molecule has 5 rings (SSSR count). The van der Waals surface area contributed by atoms with Crippen LogP contribution in [0.15, 0.2) is 9.59 Å². The molecule has 5 nitrogen and oxygen atoms in total. The summed E-state index contributed by atoms with van der Waals surface area (Å²) in [5.41, 5.74) is 0.770. The zero-order valence-electron chi connectivity index (χ0n) is 15.0. The molecule has 0 bridgehead atoms. The number of fused-ring (bicyclic) bond motifs is 7. The Bertz CT molecular complexity index is 1400. The van der Waals surface area contributed by atoms with Gasteiger partial charge in [-0.3, -0.25) is 9.59 Å². The van der Waals surface area contributed by atoms with Gasteiger partial charge in [-0.1, -0.05) is 37.5 Å². The number of nitrogens with zero attached hydrogens (tertiary/aromatic N) is 2. The van der Waals surface area contributed by atoms with Crippen molar-refractivity contribution in [3.8, 4) is 0 Å². The third-order valence-corrected chi connectivity index (χ3v) is 8.37. The predicted octanol–water partition coefficient (Wildman–Crippen LogP) is 5.17. The molecule has 0 fully saturated rings. The highest BCUT2D eigenvalue weighted by atomic mass is 32.1. The quantitative estimate of drug-likeness (QED) is 0.387. The maximum Gasteiger partial charge on any atom is 0.215 e. The number of rotatable bonds is 6. The lowest BCUT2D eigenvalue weighted by molar-refractivity contribution is 0.685. The van der Waals surface area contributed by atoms with E-state index in [0.29, 0.717) is 21.8 Å². The van der Waals surface area contributed by atoms with Gasteiger partial charge in [0, 0.05) is 6.54 Å². The van der Waals surface area contributed by atoms with Crippen LogP contribution in [-0.4, -0.2) is 16.5 Å². The van der Waals surface area contributed by atoms with Crippen LogP contribution in [-0.2, 0) is 0 Å². The van der Waals surface area contributed by atoms with Crippen molar-refractivity contribution in [1.82, 2.24) is 9.97 Å². The number of nitrogens with one attached hydrogen (secondary N) is 1. The Hall–Kier alpha value is -1.90. The fraction of sp³-hybridized carbons (Fsp3) is 0.368. The number of aromatic nitrogens is 2. The number of unbranched alkanes of at least 4 members (excludes halogenated alkanes) is 3. The van der Waals surface area contributed by atoms with E-state index >= 15 is 0 Å². The Labute approximate surface area is 166 Å². The molecule has 8 heteroatoms. The molecule has 138 valence electrons. The molecule has 2 aromatic carbocycles. The SMILES string of the molecule is CCCCCCNc1nc2c(=O)c3c(sc4c5sc(C)nc5c(=O)c43)c2s1. The van der Waals surface area contributed by atoms with Crippen LogP contribution in [0.1, 0.15) is 37.6 Å². The van der Waals surface area contributed by atoms with Crippen molar-refractivity contribution < 1.29 is 0 Å². The van der Waals surface area contributed by atoms with E-state index in [2.05, 4.69) is 22.2 Å². The molecule has 0 amide bonds. The molecule has 0 saturated heterocycles. The average Bonchev–Trinajstić information content (AvgIpc) is 3.39. The van der Waals surface area contributed by atoms with Crippen molar-refractivity contribution in [2.45, 2.75) is 39.5 Å². The Kier molecular flexibility index (Phi) is 4.03. The van der Waals surface area contributed by atoms with E-state index in [9.17, 15) is 9.59 Å². The maximum absolute atomic E-state index is 13.0. The van der Waals surface area contributed by atoms with Crippen LogP contribution in [0, 0.1) is 6.92 Å². The maximum atomic E-state index is 13.0. The van der Waals surface area contributed by atoms with Crippen molar-refractivity contribution in [2.24, 2.45) is 0 Å². The molecule has 0 atom stereocenters. The summed E-state index contributed by atoms with van der Waals surface area (Å²) in [4.78, 5) is 34.7. The lowest BCUT2D eigenvalue weighted by atomic mass is 10.2. The highest BCUT2D eigenvalue weighted by Crippen LogP contribution is 2.43. The summed E-state index contributed by atoms with van der Waals surface area (Å²) in [6.45, 7) is 4.97. The van der Waals surface area contributed by atoms with Crippen LogP contribution in [0.4, 0.5) is 5.13 Å². The monoisotopic (exact) mass is 415 g/mol. The van der Waals surface area contributed by atoms with E-state index in [-0.39, 0.29) is 10.9 Å². The molecule has 0 aliphatic heterocycles. The highest BCUT2D eigenvalue weighted by molar-refractivity contribution is 7.35. The lowest BCUT2D eigenvalue weighted by Gasteiger charge is -2.01. The van der Waals surface area contributed by atoms with E-state index in [1.807, 2.05) is 6.92 Å². The first-order valence-electron chi connectivity index (χ1n) is 9.09. The normalized spacial score (nSPS) is 12.4. The number of anilines is 1. The number of thiophene rings is 1. The van der Waals surface area contributed by atoms with Gasteiger partial charge in [-0.05, 0) is 13.3 Å². The smallest absolute Gasteiger partial charge is 0.215 e. The molecular weight excluding hydrogens is 398 g/mol. The number of hydrogen-bond acceptors (Lipinski definition) is 8. The van der Waals surface area contributed by atoms with Gasteiger partial charge in [-0.25, -0.2) is 9.97 Å². The van der Waals surface area contributed by atoms with Crippen molar-refractivity contribution in [2.75, 3.05) is 11.9 Å². The Balaban J connectivity index is 1.62. The third kappa shape index (κ3) is 2.47. The Morgan fingerprint density at radius 3 is 2.19 bits per heavy atom. The summed E-state index contributed by atoms with van der Waals surface area (Å²) in [7, 11) is 0. The number of aryl methyl sites for hydroxylation is 1. The first kappa shape index (κ1) is 17.2. The van der Waals surface area contributed by atoms with Gasteiger partial charge < -0.3 is 5.32 Å². The number of thiazole rings is 2. The highest BCUT2D eigenvalue weighted by Gasteiger charge is 2.26. The van der Waals surface area contributed by atoms with Gasteiger partial charge in [0.1, 0.15) is 11.0 Å². The largest absolute Gasteiger partial charge is 0.361 e. The molecule has 0 radical (unpaired) electrons. The van der Waals surface area contributed by atoms with Crippen LogP contribution < -0.4 is 16.2 Å². The second-order valence-corrected chi connectivity index (χ2v) is 9.99. The molecule has 0 aliphatic carbocycles.